The lowest BCUT2D eigenvalue weighted by Gasteiger charge is -2.06. The van der Waals surface area contributed by atoms with Crippen molar-refractivity contribution >= 4 is 28.2 Å². The second-order valence-electron chi connectivity index (χ2n) is 4.88. The first-order valence-corrected chi connectivity index (χ1v) is 6.54. The molecule has 0 saturated heterocycles. The van der Waals surface area contributed by atoms with Crippen molar-refractivity contribution in [2.24, 2.45) is 0 Å². The molecule has 2 N–H and O–H groups in total. The van der Waals surface area contributed by atoms with E-state index in [1.54, 1.807) is 25.3 Å². The fourth-order valence-electron chi connectivity index (χ4n) is 2.22. The van der Waals surface area contributed by atoms with Gasteiger partial charge in [0.1, 0.15) is 0 Å². The summed E-state index contributed by atoms with van der Waals surface area (Å²) in [5.74, 6) is -0.322. The van der Waals surface area contributed by atoms with Crippen LogP contribution in [0.25, 0.3) is 10.9 Å². The van der Waals surface area contributed by atoms with E-state index in [0.29, 0.717) is 16.8 Å². The summed E-state index contributed by atoms with van der Waals surface area (Å²) in [7, 11) is 0. The maximum atomic E-state index is 12.2. The number of fused-ring (bicyclic) bond motifs is 1. The average molecular weight is 296 g/mol. The number of carbonyl (C=O) groups is 1. The highest BCUT2D eigenvalue weighted by atomic mass is 16.6. The lowest BCUT2D eigenvalue weighted by atomic mass is 10.1. The molecule has 1 heterocycles. The molecule has 3 rings (SSSR count). The third-order valence-electron chi connectivity index (χ3n) is 3.36. The van der Waals surface area contributed by atoms with Gasteiger partial charge in [0.15, 0.2) is 0 Å². The van der Waals surface area contributed by atoms with Crippen LogP contribution >= 0.6 is 0 Å². The van der Waals surface area contributed by atoms with Crippen LogP contribution < -0.4 is 5.32 Å². The van der Waals surface area contributed by atoms with Crippen LogP contribution in [0.5, 0.6) is 0 Å². The molecule has 0 aliphatic heterocycles. The number of aryl methyl sites for hydroxylation is 1. The number of carbonyl (C=O) groups excluding carboxylic acids is 1. The van der Waals surface area contributed by atoms with E-state index in [0.717, 1.165) is 10.9 Å². The SMILES string of the molecule is Cc1cc(C(=O)Nc2ccc3cn[nH]c3c2)ccc1[N+](=O)[O-]. The minimum Gasteiger partial charge on any atom is -0.322 e. The number of nitrogens with zero attached hydrogens (tertiary/aromatic N) is 2. The summed E-state index contributed by atoms with van der Waals surface area (Å²) in [4.78, 5) is 22.5. The Labute approximate surface area is 125 Å². The minimum absolute atomic E-state index is 0.00423. The quantitative estimate of drug-likeness (QED) is 0.573. The number of nitro groups is 1. The van der Waals surface area contributed by atoms with Crippen LogP contribution in [-0.4, -0.2) is 21.0 Å². The van der Waals surface area contributed by atoms with Gasteiger partial charge in [0.25, 0.3) is 11.6 Å². The van der Waals surface area contributed by atoms with Crippen LogP contribution in [-0.2, 0) is 0 Å². The van der Waals surface area contributed by atoms with Gasteiger partial charge in [0.05, 0.1) is 16.6 Å². The maximum Gasteiger partial charge on any atom is 0.272 e. The topological polar surface area (TPSA) is 101 Å². The van der Waals surface area contributed by atoms with Crippen LogP contribution in [0.2, 0.25) is 0 Å². The number of hydrogen-bond acceptors (Lipinski definition) is 4. The van der Waals surface area contributed by atoms with Gasteiger partial charge < -0.3 is 5.32 Å². The first-order chi connectivity index (χ1) is 10.5. The Kier molecular flexibility index (Phi) is 3.30. The molecule has 22 heavy (non-hydrogen) atoms. The van der Waals surface area contributed by atoms with Gasteiger partial charge in [0.2, 0.25) is 0 Å². The van der Waals surface area contributed by atoms with Crippen molar-refractivity contribution in [2.45, 2.75) is 6.92 Å². The molecule has 0 aliphatic rings. The summed E-state index contributed by atoms with van der Waals surface area (Å²) in [5.41, 5.74) is 2.25. The lowest BCUT2D eigenvalue weighted by molar-refractivity contribution is -0.385. The average Bonchev–Trinajstić information content (AvgIpc) is 2.94. The van der Waals surface area contributed by atoms with Crippen LogP contribution in [0.4, 0.5) is 11.4 Å². The molecule has 1 amide bonds. The van der Waals surface area contributed by atoms with Crippen molar-refractivity contribution in [1.82, 2.24) is 10.2 Å². The second kappa shape index (κ2) is 5.28. The smallest absolute Gasteiger partial charge is 0.272 e. The van der Waals surface area contributed by atoms with E-state index in [9.17, 15) is 14.9 Å². The van der Waals surface area contributed by atoms with Gasteiger partial charge >= 0.3 is 0 Å². The van der Waals surface area contributed by atoms with Crippen LogP contribution in [0, 0.1) is 17.0 Å². The molecule has 2 aromatic carbocycles. The zero-order valence-electron chi connectivity index (χ0n) is 11.7. The molecular formula is C15H12N4O3. The Balaban J connectivity index is 1.84. The summed E-state index contributed by atoms with van der Waals surface area (Å²) in [6.07, 6.45) is 1.70. The fourth-order valence-corrected chi connectivity index (χ4v) is 2.22. The predicted molar refractivity (Wildman–Crippen MR) is 81.9 cm³/mol. The molecule has 0 saturated carbocycles. The molecule has 0 fully saturated rings. The molecule has 0 atom stereocenters. The molecule has 1 aromatic heterocycles. The fraction of sp³-hybridized carbons (Fsp3) is 0.0667. The lowest BCUT2D eigenvalue weighted by Crippen LogP contribution is -2.12. The zero-order valence-corrected chi connectivity index (χ0v) is 11.7. The Morgan fingerprint density at radius 3 is 2.82 bits per heavy atom. The number of aromatic nitrogens is 2. The van der Waals surface area contributed by atoms with E-state index in [4.69, 9.17) is 0 Å². The number of anilines is 1. The van der Waals surface area contributed by atoms with Crippen molar-refractivity contribution in [1.29, 1.82) is 0 Å². The molecular weight excluding hydrogens is 284 g/mol. The number of nitro benzene ring substituents is 1. The van der Waals surface area contributed by atoms with Gasteiger partial charge in [-0.1, -0.05) is 0 Å². The summed E-state index contributed by atoms with van der Waals surface area (Å²) in [5, 5.41) is 21.2. The Bertz CT molecular complexity index is 885. The molecule has 7 nitrogen and oxygen atoms in total. The monoisotopic (exact) mass is 296 g/mol. The zero-order chi connectivity index (χ0) is 15.7. The van der Waals surface area contributed by atoms with E-state index in [2.05, 4.69) is 15.5 Å². The first-order valence-electron chi connectivity index (χ1n) is 6.54. The molecule has 0 aliphatic carbocycles. The number of benzene rings is 2. The summed E-state index contributed by atoms with van der Waals surface area (Å²) >= 11 is 0. The van der Waals surface area contributed by atoms with E-state index >= 15 is 0 Å². The van der Waals surface area contributed by atoms with Crippen molar-refractivity contribution in [3.05, 3.63) is 63.8 Å². The van der Waals surface area contributed by atoms with Crippen LogP contribution in [0.3, 0.4) is 0 Å². The Hall–Kier alpha value is -3.22. The molecule has 7 heteroatoms. The molecule has 110 valence electrons. The van der Waals surface area contributed by atoms with Gasteiger partial charge in [-0.3, -0.25) is 20.0 Å². The number of hydrogen-bond donors (Lipinski definition) is 2. The van der Waals surface area contributed by atoms with Gasteiger partial charge in [-0.15, -0.1) is 0 Å². The van der Waals surface area contributed by atoms with E-state index in [1.807, 2.05) is 6.07 Å². The highest BCUT2D eigenvalue weighted by Crippen LogP contribution is 2.21. The Morgan fingerprint density at radius 1 is 1.27 bits per heavy atom. The van der Waals surface area contributed by atoms with Gasteiger partial charge in [0, 0.05) is 28.3 Å². The van der Waals surface area contributed by atoms with Gasteiger partial charge in [-0.2, -0.15) is 5.10 Å². The van der Waals surface area contributed by atoms with E-state index in [1.165, 1.54) is 18.2 Å². The van der Waals surface area contributed by atoms with Crippen molar-refractivity contribution in [3.8, 4) is 0 Å². The third-order valence-corrected chi connectivity index (χ3v) is 3.36. The highest BCUT2D eigenvalue weighted by Gasteiger charge is 2.14. The number of rotatable bonds is 3. The van der Waals surface area contributed by atoms with E-state index in [-0.39, 0.29) is 11.6 Å². The summed E-state index contributed by atoms with van der Waals surface area (Å²) in [6.45, 7) is 1.60. The van der Waals surface area contributed by atoms with E-state index < -0.39 is 4.92 Å². The predicted octanol–water partition coefficient (Wildman–Crippen LogP) is 3.03. The maximum absolute atomic E-state index is 12.2. The molecule has 0 bridgehead atoms. The number of nitrogens with one attached hydrogen (secondary N) is 2. The Morgan fingerprint density at radius 2 is 2.09 bits per heavy atom. The standard InChI is InChI=1S/C15H12N4O3/c1-9-6-10(3-5-14(9)19(21)22)15(20)17-12-4-2-11-8-16-18-13(11)7-12/h2-8H,1H3,(H,16,18)(H,17,20). The molecule has 0 radical (unpaired) electrons. The van der Waals surface area contributed by atoms with Gasteiger partial charge in [-0.05, 0) is 37.3 Å². The molecule has 3 aromatic rings. The second-order valence-corrected chi connectivity index (χ2v) is 4.88. The van der Waals surface area contributed by atoms with Crippen molar-refractivity contribution < 1.29 is 9.72 Å². The normalized spacial score (nSPS) is 10.6. The minimum atomic E-state index is -0.469. The van der Waals surface area contributed by atoms with Crippen LogP contribution in [0.15, 0.2) is 42.6 Å². The first kappa shape index (κ1) is 13.7. The summed E-state index contributed by atoms with van der Waals surface area (Å²) in [6, 6.07) is 9.67. The molecule has 0 unspecified atom stereocenters. The summed E-state index contributed by atoms with van der Waals surface area (Å²) < 4.78 is 0. The largest absolute Gasteiger partial charge is 0.322 e. The van der Waals surface area contributed by atoms with Crippen molar-refractivity contribution in [3.63, 3.8) is 0 Å². The number of aromatic amines is 1. The number of H-pyrrole nitrogens is 1. The van der Waals surface area contributed by atoms with Gasteiger partial charge in [-0.25, -0.2) is 0 Å². The third kappa shape index (κ3) is 2.51. The van der Waals surface area contributed by atoms with Crippen molar-refractivity contribution in [2.75, 3.05) is 5.32 Å². The number of amides is 1. The van der Waals surface area contributed by atoms with Crippen LogP contribution in [0.1, 0.15) is 15.9 Å². The molecule has 0 spiro atoms. The highest BCUT2D eigenvalue weighted by molar-refractivity contribution is 6.05.